The SMILES string of the molecule is O=C(Nc1ccc(C2CC2NCc2cccs2)cc1)c1ccccc1. The van der Waals surface area contributed by atoms with E-state index in [2.05, 4.69) is 40.3 Å². The number of rotatable bonds is 6. The zero-order chi connectivity index (χ0) is 17.1. The summed E-state index contributed by atoms with van der Waals surface area (Å²) in [6.07, 6.45) is 1.18. The molecule has 3 nitrogen and oxygen atoms in total. The van der Waals surface area contributed by atoms with Crippen molar-refractivity contribution in [1.29, 1.82) is 0 Å². The number of hydrogen-bond donors (Lipinski definition) is 2. The summed E-state index contributed by atoms with van der Waals surface area (Å²) < 4.78 is 0. The van der Waals surface area contributed by atoms with Gasteiger partial charge in [0.15, 0.2) is 0 Å². The first-order valence-corrected chi connectivity index (χ1v) is 9.40. The van der Waals surface area contributed by atoms with E-state index in [1.165, 1.54) is 16.9 Å². The second kappa shape index (κ2) is 7.21. The van der Waals surface area contributed by atoms with Crippen molar-refractivity contribution in [3.05, 3.63) is 88.1 Å². The maximum Gasteiger partial charge on any atom is 0.255 e. The lowest BCUT2D eigenvalue weighted by Crippen LogP contribution is -2.16. The number of benzene rings is 2. The van der Waals surface area contributed by atoms with Crippen LogP contribution in [0, 0.1) is 0 Å². The Kier molecular flexibility index (Phi) is 4.63. The maximum absolute atomic E-state index is 12.2. The summed E-state index contributed by atoms with van der Waals surface area (Å²) in [5.74, 6) is 0.508. The molecule has 1 aliphatic carbocycles. The van der Waals surface area contributed by atoms with Crippen LogP contribution in [0.1, 0.15) is 33.1 Å². The van der Waals surface area contributed by atoms with Gasteiger partial charge in [0.05, 0.1) is 0 Å². The molecule has 126 valence electrons. The first-order chi connectivity index (χ1) is 12.3. The molecular formula is C21H20N2OS. The van der Waals surface area contributed by atoms with Gasteiger partial charge >= 0.3 is 0 Å². The predicted octanol–water partition coefficient (Wildman–Crippen LogP) is 4.65. The Morgan fingerprint density at radius 1 is 1.00 bits per heavy atom. The van der Waals surface area contributed by atoms with Crippen LogP contribution in [0.4, 0.5) is 5.69 Å². The average molecular weight is 348 g/mol. The average Bonchev–Trinajstić information content (AvgIpc) is 3.24. The molecule has 3 aromatic rings. The Morgan fingerprint density at radius 3 is 2.52 bits per heavy atom. The summed E-state index contributed by atoms with van der Waals surface area (Å²) in [7, 11) is 0. The molecule has 1 amide bonds. The summed E-state index contributed by atoms with van der Waals surface area (Å²) in [5, 5.41) is 8.68. The van der Waals surface area contributed by atoms with Crippen LogP contribution < -0.4 is 10.6 Å². The molecule has 4 rings (SSSR count). The number of carbonyl (C=O) groups is 1. The van der Waals surface area contributed by atoms with Gasteiger partial charge in [0.1, 0.15) is 0 Å². The molecule has 1 saturated carbocycles. The van der Waals surface area contributed by atoms with E-state index in [1.54, 1.807) is 11.3 Å². The summed E-state index contributed by atoms with van der Waals surface area (Å²) in [4.78, 5) is 13.6. The molecule has 4 heteroatoms. The molecule has 2 aromatic carbocycles. The van der Waals surface area contributed by atoms with E-state index in [4.69, 9.17) is 0 Å². The van der Waals surface area contributed by atoms with Gasteiger partial charge in [0.2, 0.25) is 0 Å². The van der Waals surface area contributed by atoms with Gasteiger partial charge in [0.25, 0.3) is 5.91 Å². The maximum atomic E-state index is 12.2. The standard InChI is InChI=1S/C21H20N2OS/c24-21(16-5-2-1-3-6-16)23-17-10-8-15(9-11-17)19-13-20(19)22-14-18-7-4-12-25-18/h1-12,19-20,22H,13-14H2,(H,23,24). The molecule has 0 saturated heterocycles. The molecule has 2 unspecified atom stereocenters. The third-order valence-corrected chi connectivity index (χ3v) is 5.42. The van der Waals surface area contributed by atoms with Crippen LogP contribution in [-0.4, -0.2) is 11.9 Å². The van der Waals surface area contributed by atoms with Gasteiger partial charge in [0, 0.05) is 34.6 Å². The van der Waals surface area contributed by atoms with Crippen molar-refractivity contribution in [2.75, 3.05) is 5.32 Å². The second-order valence-corrected chi connectivity index (χ2v) is 7.38. The van der Waals surface area contributed by atoms with Gasteiger partial charge in [-0.05, 0) is 47.7 Å². The minimum atomic E-state index is -0.0738. The molecule has 25 heavy (non-hydrogen) atoms. The lowest BCUT2D eigenvalue weighted by Gasteiger charge is -2.07. The number of carbonyl (C=O) groups excluding carboxylic acids is 1. The lowest BCUT2D eigenvalue weighted by atomic mass is 10.1. The van der Waals surface area contributed by atoms with Crippen molar-refractivity contribution < 1.29 is 4.79 Å². The minimum Gasteiger partial charge on any atom is -0.322 e. The number of amides is 1. The first kappa shape index (κ1) is 16.1. The molecule has 1 heterocycles. The van der Waals surface area contributed by atoms with Gasteiger partial charge in [-0.15, -0.1) is 11.3 Å². The third kappa shape index (κ3) is 3.98. The Balaban J connectivity index is 1.31. The molecule has 1 aromatic heterocycles. The fraction of sp³-hybridized carbons (Fsp3) is 0.190. The van der Waals surface area contributed by atoms with Crippen molar-refractivity contribution >= 4 is 22.9 Å². The van der Waals surface area contributed by atoms with Gasteiger partial charge < -0.3 is 10.6 Å². The smallest absolute Gasteiger partial charge is 0.255 e. The van der Waals surface area contributed by atoms with E-state index in [-0.39, 0.29) is 5.91 Å². The molecule has 1 fully saturated rings. The van der Waals surface area contributed by atoms with Crippen LogP contribution in [0.15, 0.2) is 72.1 Å². The largest absolute Gasteiger partial charge is 0.322 e. The van der Waals surface area contributed by atoms with Crippen LogP contribution in [0.3, 0.4) is 0 Å². The molecule has 2 atom stereocenters. The lowest BCUT2D eigenvalue weighted by molar-refractivity contribution is 0.102. The topological polar surface area (TPSA) is 41.1 Å². The fourth-order valence-electron chi connectivity index (χ4n) is 3.04. The minimum absolute atomic E-state index is 0.0738. The highest BCUT2D eigenvalue weighted by Gasteiger charge is 2.37. The van der Waals surface area contributed by atoms with E-state index in [0.717, 1.165) is 12.2 Å². The van der Waals surface area contributed by atoms with E-state index < -0.39 is 0 Å². The molecule has 1 aliphatic rings. The van der Waals surface area contributed by atoms with Gasteiger partial charge in [-0.3, -0.25) is 4.79 Å². The predicted molar refractivity (Wildman–Crippen MR) is 103 cm³/mol. The van der Waals surface area contributed by atoms with Crippen molar-refractivity contribution in [1.82, 2.24) is 5.32 Å². The molecular weight excluding hydrogens is 328 g/mol. The monoisotopic (exact) mass is 348 g/mol. The number of nitrogens with one attached hydrogen (secondary N) is 2. The fourth-order valence-corrected chi connectivity index (χ4v) is 3.70. The highest BCUT2D eigenvalue weighted by Crippen LogP contribution is 2.41. The zero-order valence-corrected chi connectivity index (χ0v) is 14.6. The second-order valence-electron chi connectivity index (χ2n) is 6.35. The van der Waals surface area contributed by atoms with E-state index in [0.29, 0.717) is 17.5 Å². The quantitative estimate of drug-likeness (QED) is 0.681. The number of hydrogen-bond acceptors (Lipinski definition) is 3. The zero-order valence-electron chi connectivity index (χ0n) is 13.8. The molecule has 0 radical (unpaired) electrons. The van der Waals surface area contributed by atoms with Crippen LogP contribution in [0.2, 0.25) is 0 Å². The van der Waals surface area contributed by atoms with Crippen LogP contribution in [0.5, 0.6) is 0 Å². The Morgan fingerprint density at radius 2 is 1.80 bits per heavy atom. The summed E-state index contributed by atoms with van der Waals surface area (Å²) >= 11 is 1.79. The van der Waals surface area contributed by atoms with Gasteiger partial charge in [-0.25, -0.2) is 0 Å². The molecule has 0 bridgehead atoms. The Bertz CT molecular complexity index is 828. The van der Waals surface area contributed by atoms with Crippen LogP contribution in [0.25, 0.3) is 0 Å². The third-order valence-electron chi connectivity index (χ3n) is 4.54. The first-order valence-electron chi connectivity index (χ1n) is 8.52. The van der Waals surface area contributed by atoms with Crippen molar-refractivity contribution in [2.45, 2.75) is 24.9 Å². The van der Waals surface area contributed by atoms with Crippen molar-refractivity contribution in [3.63, 3.8) is 0 Å². The van der Waals surface area contributed by atoms with E-state index in [9.17, 15) is 4.79 Å². The van der Waals surface area contributed by atoms with Gasteiger partial charge in [-0.1, -0.05) is 36.4 Å². The number of anilines is 1. The van der Waals surface area contributed by atoms with Crippen molar-refractivity contribution in [2.24, 2.45) is 0 Å². The van der Waals surface area contributed by atoms with Crippen LogP contribution >= 0.6 is 11.3 Å². The van der Waals surface area contributed by atoms with Crippen LogP contribution in [-0.2, 0) is 6.54 Å². The summed E-state index contributed by atoms with van der Waals surface area (Å²) in [6, 6.07) is 22.3. The normalized spacial score (nSPS) is 18.7. The molecule has 0 aliphatic heterocycles. The Hall–Kier alpha value is -2.43. The van der Waals surface area contributed by atoms with Gasteiger partial charge in [-0.2, -0.15) is 0 Å². The highest BCUT2D eigenvalue weighted by molar-refractivity contribution is 7.09. The molecule has 0 spiro atoms. The Labute approximate surface area is 151 Å². The van der Waals surface area contributed by atoms with Crippen molar-refractivity contribution in [3.8, 4) is 0 Å². The number of thiophene rings is 1. The molecule has 2 N–H and O–H groups in total. The van der Waals surface area contributed by atoms with E-state index in [1.807, 2.05) is 42.5 Å². The summed E-state index contributed by atoms with van der Waals surface area (Å²) in [6.45, 7) is 0.948. The summed E-state index contributed by atoms with van der Waals surface area (Å²) in [5.41, 5.74) is 2.84. The highest BCUT2D eigenvalue weighted by atomic mass is 32.1. The van der Waals surface area contributed by atoms with E-state index >= 15 is 0 Å².